The van der Waals surface area contributed by atoms with Gasteiger partial charge in [-0.05, 0) is 26.0 Å². The second-order valence-corrected chi connectivity index (χ2v) is 4.20. The van der Waals surface area contributed by atoms with Crippen LogP contribution in [-0.2, 0) is 9.53 Å². The highest BCUT2D eigenvalue weighted by Crippen LogP contribution is 2.24. The zero-order valence-electron chi connectivity index (χ0n) is 9.82. The summed E-state index contributed by atoms with van der Waals surface area (Å²) in [5.41, 5.74) is 5.59. The molecule has 4 heteroatoms. The Bertz CT molecular complexity index is 374. The van der Waals surface area contributed by atoms with Crippen molar-refractivity contribution in [1.29, 1.82) is 0 Å². The quantitative estimate of drug-likeness (QED) is 0.625. The molecule has 0 aliphatic heterocycles. The molecule has 1 aromatic rings. The van der Waals surface area contributed by atoms with Crippen molar-refractivity contribution in [3.63, 3.8) is 0 Å². The van der Waals surface area contributed by atoms with Crippen LogP contribution in [0.4, 0.5) is 5.69 Å². The Labute approximate surface area is 95.3 Å². The second kappa shape index (κ2) is 4.88. The molecule has 0 bridgehead atoms. The highest BCUT2D eigenvalue weighted by atomic mass is 16.5. The number of nitrogens with two attached hydrogens (primary N) is 1. The number of anilines is 1. The van der Waals surface area contributed by atoms with Crippen molar-refractivity contribution in [3.8, 4) is 5.75 Å². The number of esters is 1. The van der Waals surface area contributed by atoms with Crippen molar-refractivity contribution in [3.05, 3.63) is 24.3 Å². The largest absolute Gasteiger partial charge is 0.490 e. The fraction of sp³-hybridized carbons (Fsp3) is 0.417. The number of carbonyl (C=O) groups excluding carboxylic acids is 1. The number of nitrogen functional groups attached to an aromatic ring is 1. The Hall–Kier alpha value is -1.71. The average molecular weight is 223 g/mol. The number of ether oxygens (including phenoxy) is 2. The van der Waals surface area contributed by atoms with Gasteiger partial charge in [-0.3, -0.25) is 4.79 Å². The normalized spacial score (nSPS) is 10.9. The molecule has 0 atom stereocenters. The molecule has 16 heavy (non-hydrogen) atoms. The first-order valence-corrected chi connectivity index (χ1v) is 5.03. The maximum Gasteiger partial charge on any atom is 0.314 e. The molecule has 0 aliphatic carbocycles. The van der Waals surface area contributed by atoms with Gasteiger partial charge in [-0.25, -0.2) is 0 Å². The van der Waals surface area contributed by atoms with E-state index in [1.165, 1.54) is 7.11 Å². The minimum absolute atomic E-state index is 0.230. The number of hydrogen-bond acceptors (Lipinski definition) is 4. The van der Waals surface area contributed by atoms with Crippen LogP contribution in [0.15, 0.2) is 24.3 Å². The molecule has 0 saturated carbocycles. The Balaban J connectivity index is 2.65. The minimum Gasteiger partial charge on any atom is -0.490 e. The van der Waals surface area contributed by atoms with Gasteiger partial charge in [0.2, 0.25) is 0 Å². The third-order valence-electron chi connectivity index (χ3n) is 2.25. The van der Waals surface area contributed by atoms with E-state index in [4.69, 9.17) is 10.5 Å². The SMILES string of the molecule is COC(=O)C(C)(C)COc1ccccc1N. The lowest BCUT2D eigenvalue weighted by Gasteiger charge is -2.22. The predicted octanol–water partition coefficient (Wildman–Crippen LogP) is 1.85. The van der Waals surface area contributed by atoms with E-state index >= 15 is 0 Å². The van der Waals surface area contributed by atoms with E-state index in [2.05, 4.69) is 4.74 Å². The predicted molar refractivity (Wildman–Crippen MR) is 62.1 cm³/mol. The summed E-state index contributed by atoms with van der Waals surface area (Å²) in [6.45, 7) is 3.75. The summed E-state index contributed by atoms with van der Waals surface area (Å²) in [4.78, 5) is 11.4. The lowest BCUT2D eigenvalue weighted by molar-refractivity contribution is -0.152. The van der Waals surface area contributed by atoms with Gasteiger partial charge in [0, 0.05) is 0 Å². The molecule has 0 heterocycles. The summed E-state index contributed by atoms with van der Waals surface area (Å²) in [6, 6.07) is 7.17. The molecule has 0 radical (unpaired) electrons. The minimum atomic E-state index is -0.684. The molecule has 2 N–H and O–H groups in total. The molecule has 4 nitrogen and oxygen atoms in total. The highest BCUT2D eigenvalue weighted by Gasteiger charge is 2.29. The molecule has 0 fully saturated rings. The second-order valence-electron chi connectivity index (χ2n) is 4.20. The van der Waals surface area contributed by atoms with Gasteiger partial charge in [-0.15, -0.1) is 0 Å². The molecule has 88 valence electrons. The molecule has 0 aromatic heterocycles. The standard InChI is InChI=1S/C12H17NO3/c1-12(2,11(14)15-3)8-16-10-7-5-4-6-9(10)13/h4-7H,8,13H2,1-3H3. The van der Waals surface area contributed by atoms with E-state index in [1.54, 1.807) is 26.0 Å². The highest BCUT2D eigenvalue weighted by molar-refractivity contribution is 5.76. The summed E-state index contributed by atoms with van der Waals surface area (Å²) in [6.07, 6.45) is 0. The number of benzene rings is 1. The number of methoxy groups -OCH3 is 1. The first-order chi connectivity index (χ1) is 7.47. The van der Waals surface area contributed by atoms with Crippen molar-refractivity contribution in [2.75, 3.05) is 19.5 Å². The molecule has 1 rings (SSSR count). The van der Waals surface area contributed by atoms with Crippen LogP contribution in [-0.4, -0.2) is 19.7 Å². The summed E-state index contributed by atoms with van der Waals surface area (Å²) >= 11 is 0. The summed E-state index contributed by atoms with van der Waals surface area (Å²) in [7, 11) is 1.36. The van der Waals surface area contributed by atoms with Crippen LogP contribution in [0.25, 0.3) is 0 Å². The van der Waals surface area contributed by atoms with E-state index in [-0.39, 0.29) is 12.6 Å². The lowest BCUT2D eigenvalue weighted by atomic mass is 9.95. The Morgan fingerprint density at radius 1 is 1.38 bits per heavy atom. The molecule has 0 aliphatic rings. The zero-order chi connectivity index (χ0) is 12.2. The van der Waals surface area contributed by atoms with Crippen molar-refractivity contribution < 1.29 is 14.3 Å². The van der Waals surface area contributed by atoms with Crippen molar-refractivity contribution in [2.24, 2.45) is 5.41 Å². The summed E-state index contributed by atoms with van der Waals surface area (Å²) < 4.78 is 10.2. The third-order valence-corrected chi connectivity index (χ3v) is 2.25. The van der Waals surface area contributed by atoms with Crippen LogP contribution in [0.2, 0.25) is 0 Å². The first-order valence-electron chi connectivity index (χ1n) is 5.03. The number of hydrogen-bond donors (Lipinski definition) is 1. The van der Waals surface area contributed by atoms with E-state index in [0.29, 0.717) is 11.4 Å². The van der Waals surface area contributed by atoms with E-state index in [1.807, 2.05) is 12.1 Å². The van der Waals surface area contributed by atoms with Crippen LogP contribution in [0.1, 0.15) is 13.8 Å². The molecule has 0 spiro atoms. The van der Waals surface area contributed by atoms with E-state index in [9.17, 15) is 4.79 Å². The van der Waals surface area contributed by atoms with Gasteiger partial charge >= 0.3 is 5.97 Å². The lowest BCUT2D eigenvalue weighted by Crippen LogP contribution is -2.32. The Kier molecular flexibility index (Phi) is 3.77. The number of rotatable bonds is 4. The Morgan fingerprint density at radius 3 is 2.56 bits per heavy atom. The van der Waals surface area contributed by atoms with Gasteiger partial charge in [-0.2, -0.15) is 0 Å². The molecular weight excluding hydrogens is 206 g/mol. The topological polar surface area (TPSA) is 61.5 Å². The fourth-order valence-corrected chi connectivity index (χ4v) is 1.21. The molecular formula is C12H17NO3. The molecule has 0 amide bonds. The van der Waals surface area contributed by atoms with Crippen LogP contribution >= 0.6 is 0 Å². The van der Waals surface area contributed by atoms with E-state index < -0.39 is 5.41 Å². The smallest absolute Gasteiger partial charge is 0.314 e. The van der Waals surface area contributed by atoms with Gasteiger partial charge in [0.15, 0.2) is 0 Å². The van der Waals surface area contributed by atoms with Crippen molar-refractivity contribution in [2.45, 2.75) is 13.8 Å². The number of para-hydroxylation sites is 2. The fourth-order valence-electron chi connectivity index (χ4n) is 1.21. The van der Waals surface area contributed by atoms with Gasteiger partial charge in [0.1, 0.15) is 12.4 Å². The van der Waals surface area contributed by atoms with Gasteiger partial charge in [-0.1, -0.05) is 12.1 Å². The van der Waals surface area contributed by atoms with Crippen LogP contribution in [0.5, 0.6) is 5.75 Å². The summed E-state index contributed by atoms with van der Waals surface area (Å²) in [5.74, 6) is 0.279. The molecule has 1 aromatic carbocycles. The number of carbonyl (C=O) groups is 1. The van der Waals surface area contributed by atoms with Crippen LogP contribution in [0, 0.1) is 5.41 Å². The first kappa shape index (κ1) is 12.4. The van der Waals surface area contributed by atoms with Gasteiger partial charge < -0.3 is 15.2 Å². The zero-order valence-corrected chi connectivity index (χ0v) is 9.82. The maximum atomic E-state index is 11.4. The monoisotopic (exact) mass is 223 g/mol. The van der Waals surface area contributed by atoms with E-state index in [0.717, 1.165) is 0 Å². The summed E-state index contributed by atoms with van der Waals surface area (Å²) in [5, 5.41) is 0. The van der Waals surface area contributed by atoms with Crippen molar-refractivity contribution in [1.82, 2.24) is 0 Å². The van der Waals surface area contributed by atoms with Gasteiger partial charge in [0.05, 0.1) is 18.2 Å². The Morgan fingerprint density at radius 2 is 2.00 bits per heavy atom. The maximum absolute atomic E-state index is 11.4. The molecule has 0 saturated heterocycles. The van der Waals surface area contributed by atoms with Crippen molar-refractivity contribution >= 4 is 11.7 Å². The third kappa shape index (κ3) is 2.89. The average Bonchev–Trinajstić information content (AvgIpc) is 2.27. The molecule has 0 unspecified atom stereocenters. The van der Waals surface area contributed by atoms with Crippen LogP contribution in [0.3, 0.4) is 0 Å². The van der Waals surface area contributed by atoms with Crippen LogP contribution < -0.4 is 10.5 Å². The van der Waals surface area contributed by atoms with Gasteiger partial charge in [0.25, 0.3) is 0 Å².